The van der Waals surface area contributed by atoms with Crippen molar-refractivity contribution in [2.75, 3.05) is 14.2 Å². The number of ether oxygens (including phenoxy) is 5. The number of hydrogen-bond acceptors (Lipinski definition) is 7. The van der Waals surface area contributed by atoms with E-state index in [1.165, 1.54) is 6.07 Å². The molecule has 0 saturated carbocycles. The summed E-state index contributed by atoms with van der Waals surface area (Å²) in [5.74, 6) is 1.72. The maximum atomic E-state index is 13.2. The fourth-order valence-electron chi connectivity index (χ4n) is 4.12. The van der Waals surface area contributed by atoms with Crippen molar-refractivity contribution < 1.29 is 33.6 Å². The average Bonchev–Trinajstić information content (AvgIpc) is 2.98. The van der Waals surface area contributed by atoms with Crippen LogP contribution >= 0.6 is 11.6 Å². The molecule has 0 atom stereocenters. The number of methoxy groups -OCH3 is 2. The highest BCUT2D eigenvalue weighted by Gasteiger charge is 2.25. The van der Waals surface area contributed by atoms with E-state index in [1.807, 2.05) is 36.4 Å². The van der Waals surface area contributed by atoms with Crippen LogP contribution in [-0.2, 0) is 11.2 Å². The molecule has 0 amide bonds. The predicted molar refractivity (Wildman–Crippen MR) is 153 cm³/mol. The lowest BCUT2D eigenvalue weighted by Gasteiger charge is -2.19. The molecule has 202 valence electrons. The van der Waals surface area contributed by atoms with Gasteiger partial charge in [0.05, 0.1) is 25.7 Å². The minimum atomic E-state index is -0.570. The maximum Gasteiger partial charge on any atom is 0.315 e. The zero-order valence-corrected chi connectivity index (χ0v) is 22.5. The third-order valence-electron chi connectivity index (χ3n) is 6.12. The lowest BCUT2D eigenvalue weighted by atomic mass is 10.1. The monoisotopic (exact) mass is 556 g/mol. The minimum absolute atomic E-state index is 0.0154. The van der Waals surface area contributed by atoms with Gasteiger partial charge in [0.15, 0.2) is 11.5 Å². The van der Waals surface area contributed by atoms with E-state index in [1.54, 1.807) is 68.8 Å². The first-order valence-corrected chi connectivity index (χ1v) is 12.7. The van der Waals surface area contributed by atoms with Gasteiger partial charge in [0.2, 0.25) is 5.75 Å². The Morgan fingerprint density at radius 2 is 1.27 bits per heavy atom. The van der Waals surface area contributed by atoms with E-state index in [-0.39, 0.29) is 34.3 Å². The Kier molecular flexibility index (Phi) is 7.94. The number of fused-ring (bicyclic) bond motifs is 1. The Morgan fingerprint density at radius 1 is 0.725 bits per heavy atom. The Morgan fingerprint density at radius 3 is 1.90 bits per heavy atom. The van der Waals surface area contributed by atoms with E-state index in [0.29, 0.717) is 28.7 Å². The number of hydrogen-bond donors (Lipinski definition) is 1. The van der Waals surface area contributed by atoms with E-state index in [9.17, 15) is 9.90 Å². The van der Waals surface area contributed by atoms with Gasteiger partial charge in [-0.1, -0.05) is 48.0 Å². The third-order valence-corrected chi connectivity index (χ3v) is 6.46. The lowest BCUT2D eigenvalue weighted by molar-refractivity contribution is -0.133. The Bertz CT molecular complexity index is 1640. The van der Waals surface area contributed by atoms with Gasteiger partial charge in [-0.25, -0.2) is 0 Å². The highest BCUT2D eigenvalue weighted by Crippen LogP contribution is 2.48. The summed E-state index contributed by atoms with van der Waals surface area (Å²) in [6, 6.07) is 28.0. The second kappa shape index (κ2) is 11.9. The van der Waals surface area contributed by atoms with Crippen LogP contribution < -0.4 is 23.7 Å². The molecule has 0 radical (unpaired) electrons. The van der Waals surface area contributed by atoms with Crippen LogP contribution in [0.5, 0.6) is 46.0 Å². The zero-order chi connectivity index (χ0) is 28.1. The molecule has 0 saturated heterocycles. The van der Waals surface area contributed by atoms with Gasteiger partial charge in [-0.15, -0.1) is 0 Å². The van der Waals surface area contributed by atoms with Crippen LogP contribution in [0.25, 0.3) is 10.8 Å². The summed E-state index contributed by atoms with van der Waals surface area (Å²) in [7, 11) is 3.12. The topological polar surface area (TPSA) is 83.5 Å². The van der Waals surface area contributed by atoms with Crippen molar-refractivity contribution in [3.63, 3.8) is 0 Å². The molecule has 0 aliphatic rings. The second-order valence-electron chi connectivity index (χ2n) is 8.70. The summed E-state index contributed by atoms with van der Waals surface area (Å²) in [5, 5.41) is 12.7. The highest BCUT2D eigenvalue weighted by atomic mass is 35.5. The molecule has 0 fully saturated rings. The SMILES string of the molecule is COc1ccc(Oc2c(O)cc(Cl)c(CC(=O)Oc3cccc4ccccc34)c2Oc2ccc(OC)cc2)cc1. The van der Waals surface area contributed by atoms with Crippen LogP contribution in [-0.4, -0.2) is 25.3 Å². The van der Waals surface area contributed by atoms with Crippen molar-refractivity contribution in [1.82, 2.24) is 0 Å². The number of rotatable bonds is 9. The Labute approximate surface area is 236 Å². The van der Waals surface area contributed by atoms with E-state index >= 15 is 0 Å². The summed E-state index contributed by atoms with van der Waals surface area (Å²) in [5.41, 5.74) is 0.282. The standard InChI is InChI=1S/C32H25ClO7/c1-36-21-10-14-23(15-11-21)38-31-26(18-30(35)40-29-9-5-7-20-6-3-4-8-25(20)29)27(33)19-28(34)32(31)39-24-16-12-22(37-2)13-17-24/h3-17,19,34H,18H2,1-2H3. The molecular weight excluding hydrogens is 532 g/mol. The molecular formula is C32H25ClO7. The number of benzene rings is 5. The van der Waals surface area contributed by atoms with Gasteiger partial charge in [-0.05, 0) is 60.0 Å². The van der Waals surface area contributed by atoms with Crippen molar-refractivity contribution in [1.29, 1.82) is 0 Å². The molecule has 40 heavy (non-hydrogen) atoms. The summed E-state index contributed by atoms with van der Waals surface area (Å²) in [4.78, 5) is 13.2. The summed E-state index contributed by atoms with van der Waals surface area (Å²) in [6.07, 6.45) is -0.257. The molecule has 0 spiro atoms. The largest absolute Gasteiger partial charge is 0.504 e. The molecule has 0 aromatic heterocycles. The molecule has 5 aromatic rings. The third kappa shape index (κ3) is 5.90. The number of halogens is 1. The number of aromatic hydroxyl groups is 1. The molecule has 1 N–H and O–H groups in total. The van der Waals surface area contributed by atoms with Gasteiger partial charge < -0.3 is 28.8 Å². The molecule has 0 heterocycles. The van der Waals surface area contributed by atoms with Gasteiger partial charge in [-0.2, -0.15) is 0 Å². The van der Waals surface area contributed by atoms with Crippen molar-refractivity contribution in [3.8, 4) is 46.0 Å². The maximum absolute atomic E-state index is 13.2. The number of carbonyl (C=O) groups excluding carboxylic acids is 1. The first-order valence-electron chi connectivity index (χ1n) is 12.3. The quantitative estimate of drug-likeness (QED) is 0.146. The highest BCUT2D eigenvalue weighted by molar-refractivity contribution is 6.32. The fourth-order valence-corrected chi connectivity index (χ4v) is 4.37. The molecule has 0 aliphatic carbocycles. The van der Waals surface area contributed by atoms with Crippen molar-refractivity contribution in [3.05, 3.63) is 108 Å². The first-order chi connectivity index (χ1) is 19.4. The second-order valence-corrected chi connectivity index (χ2v) is 9.10. The van der Waals surface area contributed by atoms with Gasteiger partial charge in [-0.3, -0.25) is 4.79 Å². The summed E-state index contributed by atoms with van der Waals surface area (Å²) in [6.45, 7) is 0. The smallest absolute Gasteiger partial charge is 0.315 e. The van der Waals surface area contributed by atoms with Gasteiger partial charge in [0.1, 0.15) is 28.7 Å². The van der Waals surface area contributed by atoms with Gasteiger partial charge in [0, 0.05) is 17.0 Å². The van der Waals surface area contributed by atoms with E-state index in [0.717, 1.165) is 10.8 Å². The van der Waals surface area contributed by atoms with Crippen molar-refractivity contribution in [2.24, 2.45) is 0 Å². The van der Waals surface area contributed by atoms with Gasteiger partial charge >= 0.3 is 5.97 Å². The molecule has 8 heteroatoms. The summed E-state index contributed by atoms with van der Waals surface area (Å²) >= 11 is 6.57. The van der Waals surface area contributed by atoms with Crippen LogP contribution in [0, 0.1) is 0 Å². The summed E-state index contributed by atoms with van der Waals surface area (Å²) < 4.78 is 28.4. The number of phenols is 1. The van der Waals surface area contributed by atoms with E-state index in [4.69, 9.17) is 35.3 Å². The normalized spacial score (nSPS) is 10.7. The van der Waals surface area contributed by atoms with Crippen LogP contribution in [0.4, 0.5) is 0 Å². The molecule has 5 rings (SSSR count). The molecule has 7 nitrogen and oxygen atoms in total. The van der Waals surface area contributed by atoms with Crippen LogP contribution in [0.2, 0.25) is 5.02 Å². The number of esters is 1. The van der Waals surface area contributed by atoms with Crippen LogP contribution in [0.1, 0.15) is 5.56 Å². The molecule has 5 aromatic carbocycles. The zero-order valence-electron chi connectivity index (χ0n) is 21.7. The number of carbonyl (C=O) groups is 1. The van der Waals surface area contributed by atoms with Crippen molar-refractivity contribution in [2.45, 2.75) is 6.42 Å². The molecule has 0 aliphatic heterocycles. The molecule has 0 bridgehead atoms. The van der Waals surface area contributed by atoms with Crippen molar-refractivity contribution >= 4 is 28.3 Å². The molecule has 0 unspecified atom stereocenters. The van der Waals surface area contributed by atoms with E-state index < -0.39 is 5.97 Å². The number of phenolic OH excluding ortho intramolecular Hbond substituents is 1. The fraction of sp³-hybridized carbons (Fsp3) is 0.0938. The van der Waals surface area contributed by atoms with Crippen LogP contribution in [0.3, 0.4) is 0 Å². The Balaban J connectivity index is 1.52. The predicted octanol–water partition coefficient (Wildman–Crippen LogP) is 7.95. The Hall–Kier alpha value is -4.88. The minimum Gasteiger partial charge on any atom is -0.504 e. The average molecular weight is 557 g/mol. The van der Waals surface area contributed by atoms with Crippen LogP contribution in [0.15, 0.2) is 97.1 Å². The lowest BCUT2D eigenvalue weighted by Crippen LogP contribution is -2.13. The van der Waals surface area contributed by atoms with E-state index in [2.05, 4.69) is 0 Å². The first kappa shape index (κ1) is 26.7. The van der Waals surface area contributed by atoms with Gasteiger partial charge in [0.25, 0.3) is 0 Å².